The first-order valence-electron chi connectivity index (χ1n) is 7.95. The van der Waals surface area contributed by atoms with Crippen LogP contribution in [0.5, 0.6) is 0 Å². The monoisotopic (exact) mass is 398 g/mol. The molecule has 1 aromatic carbocycles. The maximum Gasteiger partial charge on any atom is 0.411 e. The molecule has 1 saturated heterocycles. The molecule has 1 aromatic rings. The van der Waals surface area contributed by atoms with E-state index < -0.39 is 37.2 Å². The lowest BCUT2D eigenvalue weighted by Gasteiger charge is -2.25. The van der Waals surface area contributed by atoms with Gasteiger partial charge in [-0.3, -0.25) is 4.79 Å². The van der Waals surface area contributed by atoms with Crippen LogP contribution in [0.2, 0.25) is 5.02 Å². The van der Waals surface area contributed by atoms with E-state index in [4.69, 9.17) is 16.3 Å². The van der Waals surface area contributed by atoms with Gasteiger partial charge in [0.05, 0.1) is 17.7 Å². The van der Waals surface area contributed by atoms with Crippen LogP contribution in [0.15, 0.2) is 18.2 Å². The fraction of sp³-hybridized carbons (Fsp3) is 0.562. The predicted octanol–water partition coefficient (Wildman–Crippen LogP) is 2.45. The zero-order valence-electron chi connectivity index (χ0n) is 13.7. The molecule has 1 aliphatic heterocycles. The van der Waals surface area contributed by atoms with Gasteiger partial charge in [-0.15, -0.1) is 0 Å². The molecule has 26 heavy (non-hydrogen) atoms. The van der Waals surface area contributed by atoms with E-state index in [2.05, 4.69) is 15.4 Å². The summed E-state index contributed by atoms with van der Waals surface area (Å²) in [6.45, 7) is -0.573. The molecule has 2 N–H and O–H groups in total. The number of benzene rings is 1. The third-order valence-corrected chi connectivity index (χ3v) is 4.05. The minimum Gasteiger partial charge on any atom is -0.372 e. The number of hydrogen-bond donors (Lipinski definition) is 2. The van der Waals surface area contributed by atoms with Crippen molar-refractivity contribution in [2.24, 2.45) is 5.92 Å². The Kier molecular flexibility index (Phi) is 7.63. The van der Waals surface area contributed by atoms with Gasteiger partial charge in [-0.1, -0.05) is 17.7 Å². The number of rotatable bonds is 6. The van der Waals surface area contributed by atoms with E-state index in [9.17, 15) is 22.4 Å². The van der Waals surface area contributed by atoms with Gasteiger partial charge < -0.3 is 20.1 Å². The zero-order chi connectivity index (χ0) is 19.2. The lowest BCUT2D eigenvalue weighted by atomic mass is 9.95. The number of nitrogens with one attached hydrogen (secondary N) is 2. The first-order valence-corrected chi connectivity index (χ1v) is 8.32. The summed E-state index contributed by atoms with van der Waals surface area (Å²) >= 11 is 5.69. The summed E-state index contributed by atoms with van der Waals surface area (Å²) in [4.78, 5) is 11.7. The summed E-state index contributed by atoms with van der Waals surface area (Å²) < 4.78 is 59.8. The highest BCUT2D eigenvalue weighted by Crippen LogP contribution is 2.29. The van der Waals surface area contributed by atoms with Crippen LogP contribution in [-0.4, -0.2) is 51.5 Å². The molecular formula is C16H19ClF4N2O3. The predicted molar refractivity (Wildman–Crippen MR) is 86.3 cm³/mol. The van der Waals surface area contributed by atoms with Crippen molar-refractivity contribution in [1.29, 1.82) is 0 Å². The van der Waals surface area contributed by atoms with Crippen LogP contribution in [-0.2, 0) is 14.3 Å². The third-order valence-electron chi connectivity index (χ3n) is 3.74. The molecule has 2 rings (SSSR count). The molecule has 10 heteroatoms. The van der Waals surface area contributed by atoms with Crippen molar-refractivity contribution in [3.8, 4) is 0 Å². The Labute approximate surface area is 153 Å². The van der Waals surface area contributed by atoms with Crippen LogP contribution < -0.4 is 10.6 Å². The van der Waals surface area contributed by atoms with Gasteiger partial charge in [0.1, 0.15) is 19.0 Å². The summed E-state index contributed by atoms with van der Waals surface area (Å²) in [5.41, 5.74) is 0.572. The van der Waals surface area contributed by atoms with E-state index in [1.54, 1.807) is 6.07 Å². The molecule has 0 radical (unpaired) electrons. The van der Waals surface area contributed by atoms with Crippen LogP contribution in [0.3, 0.4) is 0 Å². The lowest BCUT2D eigenvalue weighted by Crippen LogP contribution is -2.38. The van der Waals surface area contributed by atoms with Crippen LogP contribution in [0, 0.1) is 11.7 Å². The molecular weight excluding hydrogens is 380 g/mol. The van der Waals surface area contributed by atoms with Gasteiger partial charge >= 0.3 is 6.18 Å². The molecule has 0 spiro atoms. The molecule has 0 aromatic heterocycles. The standard InChI is InChI=1S/C16H19ClF4N2O3/c17-12-2-1-10(5-13(12)18)15-11(6-22-3-4-26-15)7-23-14(24)8-25-9-16(19,20)21/h1-2,5,11,15,22H,3-4,6-9H2,(H,23,24)/t11-,15-/m0/s1. The van der Waals surface area contributed by atoms with Crippen molar-refractivity contribution >= 4 is 17.5 Å². The maximum absolute atomic E-state index is 13.7. The van der Waals surface area contributed by atoms with E-state index in [0.717, 1.165) is 0 Å². The second-order valence-corrected chi connectivity index (χ2v) is 6.25. The number of carbonyl (C=O) groups excluding carboxylic acids is 1. The second kappa shape index (κ2) is 9.50. The largest absolute Gasteiger partial charge is 0.411 e. The van der Waals surface area contributed by atoms with E-state index in [0.29, 0.717) is 25.3 Å². The minimum absolute atomic E-state index is 0.00726. The molecule has 0 saturated carbocycles. The second-order valence-electron chi connectivity index (χ2n) is 5.84. The van der Waals surface area contributed by atoms with Gasteiger partial charge in [-0.05, 0) is 17.7 Å². The Morgan fingerprint density at radius 2 is 2.19 bits per heavy atom. The molecule has 1 amide bonds. The van der Waals surface area contributed by atoms with E-state index in [1.165, 1.54) is 12.1 Å². The van der Waals surface area contributed by atoms with Gasteiger partial charge in [0.2, 0.25) is 5.91 Å². The molecule has 1 heterocycles. The fourth-order valence-electron chi connectivity index (χ4n) is 2.58. The summed E-state index contributed by atoms with van der Waals surface area (Å²) in [5.74, 6) is -1.49. The Bertz CT molecular complexity index is 616. The Morgan fingerprint density at radius 3 is 2.88 bits per heavy atom. The highest BCUT2D eigenvalue weighted by atomic mass is 35.5. The number of hydrogen-bond acceptors (Lipinski definition) is 4. The van der Waals surface area contributed by atoms with Crippen molar-refractivity contribution in [1.82, 2.24) is 10.6 Å². The number of halogens is 5. The van der Waals surface area contributed by atoms with E-state index in [-0.39, 0.29) is 17.5 Å². The maximum atomic E-state index is 13.7. The number of carbonyl (C=O) groups is 1. The van der Waals surface area contributed by atoms with Gasteiger partial charge in [-0.25, -0.2) is 4.39 Å². The molecule has 146 valence electrons. The summed E-state index contributed by atoms with van der Waals surface area (Å²) in [6.07, 6.45) is -4.98. The summed E-state index contributed by atoms with van der Waals surface area (Å²) in [6, 6.07) is 4.34. The number of amides is 1. The average molecular weight is 399 g/mol. The first-order chi connectivity index (χ1) is 12.3. The van der Waals surface area contributed by atoms with Gasteiger partial charge in [0, 0.05) is 25.6 Å². The number of ether oxygens (including phenoxy) is 2. The van der Waals surface area contributed by atoms with Crippen LogP contribution in [0.25, 0.3) is 0 Å². The average Bonchev–Trinajstić information content (AvgIpc) is 2.80. The smallest absolute Gasteiger partial charge is 0.372 e. The highest BCUT2D eigenvalue weighted by Gasteiger charge is 2.29. The SMILES string of the molecule is O=C(COCC(F)(F)F)NC[C@@H]1CNCCO[C@H]1c1ccc(Cl)c(F)c1. The van der Waals surface area contributed by atoms with E-state index >= 15 is 0 Å². The van der Waals surface area contributed by atoms with Crippen LogP contribution in [0.1, 0.15) is 11.7 Å². The van der Waals surface area contributed by atoms with Crippen LogP contribution in [0.4, 0.5) is 17.6 Å². The van der Waals surface area contributed by atoms with Crippen molar-refractivity contribution in [3.63, 3.8) is 0 Å². The Morgan fingerprint density at radius 1 is 1.42 bits per heavy atom. The Balaban J connectivity index is 1.93. The van der Waals surface area contributed by atoms with Gasteiger partial charge in [0.25, 0.3) is 0 Å². The molecule has 5 nitrogen and oxygen atoms in total. The molecule has 1 fully saturated rings. The van der Waals surface area contributed by atoms with Crippen LogP contribution >= 0.6 is 11.6 Å². The van der Waals surface area contributed by atoms with Crippen molar-refractivity contribution < 1.29 is 31.8 Å². The van der Waals surface area contributed by atoms with Gasteiger partial charge in [0.15, 0.2) is 0 Å². The van der Waals surface area contributed by atoms with Crippen molar-refractivity contribution in [2.75, 3.05) is 39.5 Å². The quantitative estimate of drug-likeness (QED) is 0.723. The zero-order valence-corrected chi connectivity index (χ0v) is 14.5. The first kappa shape index (κ1) is 20.9. The summed E-state index contributed by atoms with van der Waals surface area (Å²) in [7, 11) is 0. The molecule has 0 bridgehead atoms. The Hall–Kier alpha value is -1.42. The summed E-state index contributed by atoms with van der Waals surface area (Å²) in [5, 5.41) is 5.65. The third kappa shape index (κ3) is 6.71. The van der Waals surface area contributed by atoms with Crippen molar-refractivity contribution in [2.45, 2.75) is 12.3 Å². The highest BCUT2D eigenvalue weighted by molar-refractivity contribution is 6.30. The molecule has 0 aliphatic carbocycles. The van der Waals surface area contributed by atoms with E-state index in [1.807, 2.05) is 0 Å². The molecule has 1 aliphatic rings. The fourth-order valence-corrected chi connectivity index (χ4v) is 2.70. The molecule has 0 unspecified atom stereocenters. The topological polar surface area (TPSA) is 59.6 Å². The number of alkyl halides is 3. The van der Waals surface area contributed by atoms with Gasteiger partial charge in [-0.2, -0.15) is 13.2 Å². The lowest BCUT2D eigenvalue weighted by molar-refractivity contribution is -0.175. The molecule has 2 atom stereocenters. The normalized spacial score (nSPS) is 21.3. The minimum atomic E-state index is -4.48. The van der Waals surface area contributed by atoms with Crippen molar-refractivity contribution in [3.05, 3.63) is 34.6 Å².